The minimum atomic E-state index is 0.219. The second-order valence-corrected chi connectivity index (χ2v) is 3.77. The zero-order valence-corrected chi connectivity index (χ0v) is 8.76. The van der Waals surface area contributed by atoms with Crippen LogP contribution in [0.2, 0.25) is 0 Å². The number of aliphatic hydroxyl groups excluding tert-OH is 1. The molecule has 2 heterocycles. The molecule has 4 heteroatoms. The van der Waals surface area contributed by atoms with Gasteiger partial charge in [0.25, 0.3) is 0 Å². The van der Waals surface area contributed by atoms with Crippen molar-refractivity contribution in [1.29, 1.82) is 0 Å². The number of piperazine rings is 1. The molecule has 1 unspecified atom stereocenters. The van der Waals surface area contributed by atoms with Crippen LogP contribution in [0.4, 0.5) is 0 Å². The lowest BCUT2D eigenvalue weighted by molar-refractivity contribution is 0.127. The van der Waals surface area contributed by atoms with Crippen molar-refractivity contribution in [2.24, 2.45) is 0 Å². The lowest BCUT2D eigenvalue weighted by Gasteiger charge is -2.35. The zero-order chi connectivity index (χ0) is 10.5. The molecule has 0 bridgehead atoms. The van der Waals surface area contributed by atoms with Crippen LogP contribution in [0.15, 0.2) is 24.5 Å². The Morgan fingerprint density at radius 2 is 2.53 bits per heavy atom. The molecule has 15 heavy (non-hydrogen) atoms. The molecule has 0 spiro atoms. The minimum Gasteiger partial charge on any atom is -0.395 e. The topological polar surface area (TPSA) is 48.4 Å². The number of nitrogens with one attached hydrogen (secondary N) is 1. The molecule has 1 saturated heterocycles. The molecule has 1 aliphatic rings. The fourth-order valence-electron chi connectivity index (χ4n) is 2.04. The first-order valence-corrected chi connectivity index (χ1v) is 5.37. The van der Waals surface area contributed by atoms with Crippen LogP contribution in [0.1, 0.15) is 11.6 Å². The summed E-state index contributed by atoms with van der Waals surface area (Å²) in [6.07, 6.45) is 3.69. The Balaban J connectivity index is 2.11. The second-order valence-electron chi connectivity index (χ2n) is 3.77. The van der Waals surface area contributed by atoms with Gasteiger partial charge < -0.3 is 10.4 Å². The maximum Gasteiger partial charge on any atom is 0.0558 e. The predicted octanol–water partition coefficient (Wildman–Crippen LogP) is 0.0202. The van der Waals surface area contributed by atoms with E-state index in [9.17, 15) is 0 Å². The quantitative estimate of drug-likeness (QED) is 0.733. The van der Waals surface area contributed by atoms with Gasteiger partial charge in [-0.2, -0.15) is 0 Å². The monoisotopic (exact) mass is 207 g/mol. The first-order valence-electron chi connectivity index (χ1n) is 5.37. The fraction of sp³-hybridized carbons (Fsp3) is 0.545. The Hall–Kier alpha value is -0.970. The van der Waals surface area contributed by atoms with Gasteiger partial charge in [0.15, 0.2) is 0 Å². The predicted molar refractivity (Wildman–Crippen MR) is 58.5 cm³/mol. The number of aliphatic hydroxyl groups is 1. The molecule has 1 aliphatic heterocycles. The molecule has 0 aromatic carbocycles. The molecule has 1 atom stereocenters. The average Bonchev–Trinajstić information content (AvgIpc) is 2.31. The number of hydrogen-bond acceptors (Lipinski definition) is 4. The van der Waals surface area contributed by atoms with Gasteiger partial charge in [-0.25, -0.2) is 0 Å². The molecule has 0 aliphatic carbocycles. The third kappa shape index (κ3) is 2.53. The lowest BCUT2D eigenvalue weighted by atomic mass is 10.1. The normalized spacial score (nSPS) is 22.9. The van der Waals surface area contributed by atoms with E-state index in [2.05, 4.69) is 21.3 Å². The lowest BCUT2D eigenvalue weighted by Crippen LogP contribution is -2.46. The third-order valence-electron chi connectivity index (χ3n) is 2.81. The van der Waals surface area contributed by atoms with Crippen molar-refractivity contribution in [1.82, 2.24) is 15.2 Å². The van der Waals surface area contributed by atoms with Gasteiger partial charge in [-0.15, -0.1) is 0 Å². The van der Waals surface area contributed by atoms with Gasteiger partial charge in [-0.1, -0.05) is 6.07 Å². The summed E-state index contributed by atoms with van der Waals surface area (Å²) < 4.78 is 0. The van der Waals surface area contributed by atoms with Gasteiger partial charge in [0, 0.05) is 44.6 Å². The molecule has 1 fully saturated rings. The SMILES string of the molecule is OCCN1CCNCC1c1cccnc1. The van der Waals surface area contributed by atoms with Crippen molar-refractivity contribution in [2.45, 2.75) is 6.04 Å². The maximum atomic E-state index is 9.01. The maximum absolute atomic E-state index is 9.01. The summed E-state index contributed by atoms with van der Waals surface area (Å²) in [5.41, 5.74) is 1.22. The van der Waals surface area contributed by atoms with E-state index in [1.807, 2.05) is 12.3 Å². The van der Waals surface area contributed by atoms with E-state index < -0.39 is 0 Å². The van der Waals surface area contributed by atoms with Gasteiger partial charge in [-0.3, -0.25) is 9.88 Å². The number of pyridine rings is 1. The van der Waals surface area contributed by atoms with Crippen molar-refractivity contribution in [3.63, 3.8) is 0 Å². The van der Waals surface area contributed by atoms with Gasteiger partial charge in [0.2, 0.25) is 0 Å². The van der Waals surface area contributed by atoms with Crippen LogP contribution < -0.4 is 5.32 Å². The average molecular weight is 207 g/mol. The van der Waals surface area contributed by atoms with Gasteiger partial charge in [0.1, 0.15) is 0 Å². The van der Waals surface area contributed by atoms with Crippen molar-refractivity contribution in [2.75, 3.05) is 32.8 Å². The minimum absolute atomic E-state index is 0.219. The highest BCUT2D eigenvalue weighted by atomic mass is 16.3. The number of nitrogens with zero attached hydrogens (tertiary/aromatic N) is 2. The molecule has 1 aromatic rings. The fourth-order valence-corrected chi connectivity index (χ4v) is 2.04. The van der Waals surface area contributed by atoms with Crippen LogP contribution in [0.3, 0.4) is 0 Å². The largest absolute Gasteiger partial charge is 0.395 e. The highest BCUT2D eigenvalue weighted by Gasteiger charge is 2.22. The van der Waals surface area contributed by atoms with Gasteiger partial charge in [-0.05, 0) is 11.6 Å². The van der Waals surface area contributed by atoms with E-state index >= 15 is 0 Å². The van der Waals surface area contributed by atoms with Crippen molar-refractivity contribution in [3.8, 4) is 0 Å². The number of hydrogen-bond donors (Lipinski definition) is 2. The van der Waals surface area contributed by atoms with Crippen LogP contribution in [0.25, 0.3) is 0 Å². The Morgan fingerprint density at radius 3 is 3.27 bits per heavy atom. The summed E-state index contributed by atoms with van der Waals surface area (Å²) in [5.74, 6) is 0. The Kier molecular flexibility index (Phi) is 3.66. The third-order valence-corrected chi connectivity index (χ3v) is 2.81. The van der Waals surface area contributed by atoms with Crippen LogP contribution in [0.5, 0.6) is 0 Å². The molecule has 82 valence electrons. The van der Waals surface area contributed by atoms with Crippen LogP contribution in [-0.4, -0.2) is 47.8 Å². The Bertz CT molecular complexity index is 289. The smallest absolute Gasteiger partial charge is 0.0558 e. The first kappa shape index (κ1) is 10.5. The van der Waals surface area contributed by atoms with Crippen LogP contribution in [0, 0.1) is 0 Å². The van der Waals surface area contributed by atoms with Crippen molar-refractivity contribution in [3.05, 3.63) is 30.1 Å². The van der Waals surface area contributed by atoms with E-state index in [0.717, 1.165) is 26.2 Å². The molecular weight excluding hydrogens is 190 g/mol. The number of rotatable bonds is 3. The molecule has 2 rings (SSSR count). The van der Waals surface area contributed by atoms with E-state index in [0.29, 0.717) is 6.04 Å². The molecule has 1 aromatic heterocycles. The molecule has 0 amide bonds. The van der Waals surface area contributed by atoms with Crippen molar-refractivity contribution >= 4 is 0 Å². The summed E-state index contributed by atoms with van der Waals surface area (Å²) in [6, 6.07) is 4.40. The summed E-state index contributed by atoms with van der Waals surface area (Å²) in [4.78, 5) is 6.44. The molecule has 4 nitrogen and oxygen atoms in total. The van der Waals surface area contributed by atoms with Gasteiger partial charge >= 0.3 is 0 Å². The second kappa shape index (κ2) is 5.21. The van der Waals surface area contributed by atoms with Crippen LogP contribution in [-0.2, 0) is 0 Å². The first-order chi connectivity index (χ1) is 7.42. The van der Waals surface area contributed by atoms with Crippen LogP contribution >= 0.6 is 0 Å². The molecular formula is C11H17N3O. The summed E-state index contributed by atoms with van der Waals surface area (Å²) in [7, 11) is 0. The highest BCUT2D eigenvalue weighted by Crippen LogP contribution is 2.20. The molecule has 0 saturated carbocycles. The van der Waals surface area contributed by atoms with E-state index in [-0.39, 0.29) is 6.61 Å². The standard InChI is InChI=1S/C11H17N3O/c15-7-6-14-5-4-13-9-11(14)10-2-1-3-12-8-10/h1-3,8,11,13,15H,4-7,9H2. The van der Waals surface area contributed by atoms with Gasteiger partial charge in [0.05, 0.1) is 6.61 Å². The number of β-amino-alcohol motifs (C(OH)–C–C–N with tert-alkyl or cyclic N) is 1. The highest BCUT2D eigenvalue weighted by molar-refractivity contribution is 5.15. The number of aromatic nitrogens is 1. The van der Waals surface area contributed by atoms with E-state index in [1.165, 1.54) is 5.56 Å². The van der Waals surface area contributed by atoms with Crippen molar-refractivity contribution < 1.29 is 5.11 Å². The summed E-state index contributed by atoms with van der Waals surface area (Å²) >= 11 is 0. The summed E-state index contributed by atoms with van der Waals surface area (Å²) in [5, 5.41) is 12.4. The Labute approximate surface area is 89.9 Å². The molecule has 0 radical (unpaired) electrons. The molecule has 2 N–H and O–H groups in total. The Morgan fingerprint density at radius 1 is 1.60 bits per heavy atom. The van der Waals surface area contributed by atoms with E-state index in [4.69, 9.17) is 5.11 Å². The van der Waals surface area contributed by atoms with E-state index in [1.54, 1.807) is 6.20 Å². The zero-order valence-electron chi connectivity index (χ0n) is 8.76. The summed E-state index contributed by atoms with van der Waals surface area (Å²) in [6.45, 7) is 3.88.